The monoisotopic (exact) mass is 242 g/mol. The van der Waals surface area contributed by atoms with E-state index in [9.17, 15) is 0 Å². The Morgan fingerprint density at radius 3 is 2.59 bits per heavy atom. The number of hydrogen-bond donors (Lipinski definition) is 2. The second kappa shape index (κ2) is 8.90. The molecule has 3 nitrogen and oxygen atoms in total. The second-order valence-electron chi connectivity index (χ2n) is 5.51. The first-order valence-electron chi connectivity index (χ1n) is 7.29. The van der Waals surface area contributed by atoms with Gasteiger partial charge in [0.1, 0.15) is 0 Å². The molecule has 17 heavy (non-hydrogen) atoms. The van der Waals surface area contributed by atoms with Gasteiger partial charge in [-0.3, -0.25) is 0 Å². The van der Waals surface area contributed by atoms with Crippen LogP contribution in [0.25, 0.3) is 0 Å². The molecule has 3 heteroatoms. The van der Waals surface area contributed by atoms with Crippen LogP contribution in [0, 0.1) is 0 Å². The van der Waals surface area contributed by atoms with E-state index in [1.165, 1.54) is 45.1 Å². The van der Waals surface area contributed by atoms with E-state index in [-0.39, 0.29) is 6.10 Å². The van der Waals surface area contributed by atoms with Gasteiger partial charge >= 0.3 is 0 Å². The molecule has 0 aromatic rings. The molecular formula is C14H30N2O. The van der Waals surface area contributed by atoms with Gasteiger partial charge in [0.05, 0.1) is 6.10 Å². The maximum absolute atomic E-state index is 9.12. The minimum absolute atomic E-state index is 0.174. The van der Waals surface area contributed by atoms with Gasteiger partial charge in [-0.2, -0.15) is 0 Å². The Hall–Kier alpha value is -0.120. The lowest BCUT2D eigenvalue weighted by Crippen LogP contribution is -2.35. The lowest BCUT2D eigenvalue weighted by Gasteiger charge is -2.31. The smallest absolute Gasteiger partial charge is 0.0524 e. The standard InChI is InChI=1S/C14H30N2O/c1-13(17)9-11-15-10-6-12-16(2)14-7-4-3-5-8-14/h13-15,17H,3-12H2,1-2H3. The Morgan fingerprint density at radius 1 is 1.24 bits per heavy atom. The second-order valence-corrected chi connectivity index (χ2v) is 5.51. The fourth-order valence-electron chi connectivity index (χ4n) is 2.59. The van der Waals surface area contributed by atoms with E-state index >= 15 is 0 Å². The number of aliphatic hydroxyl groups is 1. The van der Waals surface area contributed by atoms with Gasteiger partial charge in [-0.25, -0.2) is 0 Å². The van der Waals surface area contributed by atoms with Gasteiger partial charge in [-0.15, -0.1) is 0 Å². The van der Waals surface area contributed by atoms with Gasteiger partial charge in [0.25, 0.3) is 0 Å². The van der Waals surface area contributed by atoms with Crippen LogP contribution >= 0.6 is 0 Å². The summed E-state index contributed by atoms with van der Waals surface area (Å²) in [6.07, 6.45) is 8.96. The summed E-state index contributed by atoms with van der Waals surface area (Å²) in [5, 5.41) is 12.5. The molecule has 0 aliphatic heterocycles. The van der Waals surface area contributed by atoms with Crippen LogP contribution in [-0.4, -0.2) is 48.8 Å². The van der Waals surface area contributed by atoms with Gasteiger partial charge < -0.3 is 15.3 Å². The SMILES string of the molecule is CC(O)CCNCCCN(C)C1CCCCC1. The van der Waals surface area contributed by atoms with Gasteiger partial charge in [0, 0.05) is 6.04 Å². The highest BCUT2D eigenvalue weighted by Gasteiger charge is 2.16. The van der Waals surface area contributed by atoms with E-state index in [1.807, 2.05) is 6.92 Å². The first-order chi connectivity index (χ1) is 8.20. The third kappa shape index (κ3) is 7.02. The van der Waals surface area contributed by atoms with E-state index in [0.717, 1.165) is 25.6 Å². The quantitative estimate of drug-likeness (QED) is 0.639. The van der Waals surface area contributed by atoms with Crippen LogP contribution in [0.5, 0.6) is 0 Å². The van der Waals surface area contributed by atoms with Gasteiger partial charge in [-0.1, -0.05) is 19.3 Å². The molecule has 1 aliphatic rings. The molecule has 102 valence electrons. The van der Waals surface area contributed by atoms with Crippen molar-refractivity contribution in [3.05, 3.63) is 0 Å². The van der Waals surface area contributed by atoms with Crippen molar-refractivity contribution in [1.82, 2.24) is 10.2 Å². The van der Waals surface area contributed by atoms with Crippen LogP contribution < -0.4 is 5.32 Å². The Balaban J connectivity index is 1.94. The van der Waals surface area contributed by atoms with E-state index < -0.39 is 0 Å². The highest BCUT2D eigenvalue weighted by atomic mass is 16.3. The molecule has 1 aliphatic carbocycles. The van der Waals surface area contributed by atoms with Crippen LogP contribution in [-0.2, 0) is 0 Å². The van der Waals surface area contributed by atoms with Crippen molar-refractivity contribution >= 4 is 0 Å². The fourth-order valence-corrected chi connectivity index (χ4v) is 2.59. The Morgan fingerprint density at radius 2 is 1.94 bits per heavy atom. The van der Waals surface area contributed by atoms with Crippen LogP contribution in [0.4, 0.5) is 0 Å². The van der Waals surface area contributed by atoms with Crippen LogP contribution in [0.15, 0.2) is 0 Å². The summed E-state index contributed by atoms with van der Waals surface area (Å²) in [5.41, 5.74) is 0. The zero-order valence-corrected chi connectivity index (χ0v) is 11.6. The third-order valence-electron chi connectivity index (χ3n) is 3.80. The summed E-state index contributed by atoms with van der Waals surface area (Å²) in [7, 11) is 2.27. The maximum Gasteiger partial charge on any atom is 0.0524 e. The van der Waals surface area contributed by atoms with E-state index in [4.69, 9.17) is 5.11 Å². The molecule has 0 radical (unpaired) electrons. The molecule has 0 amide bonds. The molecule has 1 fully saturated rings. The molecule has 1 rings (SSSR count). The lowest BCUT2D eigenvalue weighted by atomic mass is 9.94. The van der Waals surface area contributed by atoms with E-state index in [1.54, 1.807) is 0 Å². The van der Waals surface area contributed by atoms with Crippen molar-refractivity contribution in [2.75, 3.05) is 26.7 Å². The van der Waals surface area contributed by atoms with E-state index in [0.29, 0.717) is 0 Å². The van der Waals surface area contributed by atoms with E-state index in [2.05, 4.69) is 17.3 Å². The predicted molar refractivity (Wildman–Crippen MR) is 73.3 cm³/mol. The number of nitrogens with one attached hydrogen (secondary N) is 1. The highest BCUT2D eigenvalue weighted by molar-refractivity contribution is 4.73. The minimum Gasteiger partial charge on any atom is -0.393 e. The highest BCUT2D eigenvalue weighted by Crippen LogP contribution is 2.21. The van der Waals surface area contributed by atoms with Gasteiger partial charge in [-0.05, 0) is 59.3 Å². The summed E-state index contributed by atoms with van der Waals surface area (Å²) < 4.78 is 0. The number of rotatable bonds is 8. The van der Waals surface area contributed by atoms with Crippen molar-refractivity contribution in [2.45, 2.75) is 64.0 Å². The molecule has 0 saturated heterocycles. The lowest BCUT2D eigenvalue weighted by molar-refractivity contribution is 0.180. The first-order valence-corrected chi connectivity index (χ1v) is 7.29. The molecule has 0 aromatic carbocycles. The Labute approximate surface area is 107 Å². The van der Waals surface area contributed by atoms with Crippen molar-refractivity contribution in [3.63, 3.8) is 0 Å². The minimum atomic E-state index is -0.174. The third-order valence-corrected chi connectivity index (χ3v) is 3.80. The summed E-state index contributed by atoms with van der Waals surface area (Å²) in [6, 6.07) is 0.834. The summed E-state index contributed by atoms with van der Waals surface area (Å²) in [5.74, 6) is 0. The first kappa shape index (κ1) is 14.9. The summed E-state index contributed by atoms with van der Waals surface area (Å²) >= 11 is 0. The average molecular weight is 242 g/mol. The molecule has 1 saturated carbocycles. The summed E-state index contributed by atoms with van der Waals surface area (Å²) in [6.45, 7) is 5.06. The molecular weight excluding hydrogens is 212 g/mol. The number of aliphatic hydroxyl groups excluding tert-OH is 1. The van der Waals surface area contributed by atoms with Gasteiger partial charge in [0.15, 0.2) is 0 Å². The zero-order chi connectivity index (χ0) is 12.5. The van der Waals surface area contributed by atoms with Crippen LogP contribution in [0.1, 0.15) is 51.9 Å². The Kier molecular flexibility index (Phi) is 7.82. The molecule has 0 bridgehead atoms. The van der Waals surface area contributed by atoms with Crippen molar-refractivity contribution in [1.29, 1.82) is 0 Å². The predicted octanol–water partition coefficient (Wildman–Crippen LogP) is 2.00. The molecule has 1 atom stereocenters. The normalized spacial score (nSPS) is 19.8. The Bertz CT molecular complexity index is 179. The topological polar surface area (TPSA) is 35.5 Å². The number of nitrogens with zero attached hydrogens (tertiary/aromatic N) is 1. The molecule has 0 aromatic heterocycles. The molecule has 0 spiro atoms. The van der Waals surface area contributed by atoms with Crippen LogP contribution in [0.3, 0.4) is 0 Å². The number of hydrogen-bond acceptors (Lipinski definition) is 3. The summed E-state index contributed by atoms with van der Waals surface area (Å²) in [4.78, 5) is 2.54. The average Bonchev–Trinajstić information content (AvgIpc) is 2.34. The zero-order valence-electron chi connectivity index (χ0n) is 11.6. The van der Waals surface area contributed by atoms with Crippen molar-refractivity contribution in [3.8, 4) is 0 Å². The molecule has 1 unspecified atom stereocenters. The van der Waals surface area contributed by atoms with Crippen LogP contribution in [0.2, 0.25) is 0 Å². The molecule has 2 N–H and O–H groups in total. The van der Waals surface area contributed by atoms with Gasteiger partial charge in [0.2, 0.25) is 0 Å². The largest absolute Gasteiger partial charge is 0.393 e. The fraction of sp³-hybridized carbons (Fsp3) is 1.00. The van der Waals surface area contributed by atoms with Crippen molar-refractivity contribution < 1.29 is 5.11 Å². The maximum atomic E-state index is 9.12. The van der Waals surface area contributed by atoms with Crippen molar-refractivity contribution in [2.24, 2.45) is 0 Å². The molecule has 0 heterocycles.